The normalized spacial score (nSPS) is 20.0. The number of amides is 1. The van der Waals surface area contributed by atoms with Gasteiger partial charge in [-0.2, -0.15) is 0 Å². The highest BCUT2D eigenvalue weighted by Crippen LogP contribution is 2.17. The summed E-state index contributed by atoms with van der Waals surface area (Å²) in [6.07, 6.45) is 4.51. The summed E-state index contributed by atoms with van der Waals surface area (Å²) in [6.45, 7) is 3.48. The van der Waals surface area contributed by atoms with Gasteiger partial charge in [-0.25, -0.2) is 0 Å². The van der Waals surface area contributed by atoms with Gasteiger partial charge >= 0.3 is 5.97 Å². The first-order valence-corrected chi connectivity index (χ1v) is 7.46. The Morgan fingerprint density at radius 3 is 2.33 bits per heavy atom. The monoisotopic (exact) mass is 274 g/mol. The molecule has 3 N–H and O–H groups in total. The predicted octanol–water partition coefficient (Wildman–Crippen LogP) is 0.923. The van der Waals surface area contributed by atoms with E-state index in [2.05, 4.69) is 0 Å². The Labute approximate surface area is 112 Å². The lowest BCUT2D eigenvalue weighted by Gasteiger charge is -2.24. The van der Waals surface area contributed by atoms with E-state index in [0.717, 1.165) is 25.9 Å². The van der Waals surface area contributed by atoms with Gasteiger partial charge in [0, 0.05) is 18.8 Å². The zero-order valence-electron chi connectivity index (χ0n) is 10.8. The number of rotatable bonds is 5. The molecule has 1 heterocycles. The molecule has 1 fully saturated rings. The van der Waals surface area contributed by atoms with Crippen LogP contribution in [-0.4, -0.2) is 52.0 Å². The standard InChI is InChI=1S/C12H22N2O3S/c1-9(18-8-10(13)12(16)17)11(15)14-6-4-2-3-5-7-14/h9-10H,2-8,13H2,1H3,(H,16,17). The van der Waals surface area contributed by atoms with Gasteiger partial charge in [-0.3, -0.25) is 9.59 Å². The number of carboxylic acid groups (broad SMARTS) is 1. The lowest BCUT2D eigenvalue weighted by Crippen LogP contribution is -2.39. The summed E-state index contributed by atoms with van der Waals surface area (Å²) < 4.78 is 0. The predicted molar refractivity (Wildman–Crippen MR) is 72.6 cm³/mol. The summed E-state index contributed by atoms with van der Waals surface area (Å²) in [6, 6.07) is -0.894. The van der Waals surface area contributed by atoms with Crippen LogP contribution in [0.5, 0.6) is 0 Å². The molecule has 0 spiro atoms. The van der Waals surface area contributed by atoms with Crippen LogP contribution in [0.4, 0.5) is 0 Å². The van der Waals surface area contributed by atoms with Crippen LogP contribution < -0.4 is 5.73 Å². The van der Waals surface area contributed by atoms with E-state index in [4.69, 9.17) is 10.8 Å². The first-order chi connectivity index (χ1) is 8.52. The molecule has 104 valence electrons. The molecule has 1 aliphatic heterocycles. The molecule has 2 unspecified atom stereocenters. The fraction of sp³-hybridized carbons (Fsp3) is 0.833. The zero-order valence-corrected chi connectivity index (χ0v) is 11.6. The Balaban J connectivity index is 2.37. The van der Waals surface area contributed by atoms with Crippen molar-refractivity contribution < 1.29 is 14.7 Å². The van der Waals surface area contributed by atoms with Gasteiger partial charge in [0.15, 0.2) is 0 Å². The highest BCUT2D eigenvalue weighted by Gasteiger charge is 2.23. The van der Waals surface area contributed by atoms with Gasteiger partial charge in [0.25, 0.3) is 0 Å². The van der Waals surface area contributed by atoms with Gasteiger partial charge in [-0.1, -0.05) is 12.8 Å². The van der Waals surface area contributed by atoms with Crippen molar-refractivity contribution in [1.29, 1.82) is 0 Å². The Hall–Kier alpha value is -0.750. The third-order valence-electron chi connectivity index (χ3n) is 3.11. The Kier molecular flexibility index (Phi) is 6.49. The number of likely N-dealkylation sites (tertiary alicyclic amines) is 1. The molecule has 6 heteroatoms. The van der Waals surface area contributed by atoms with Crippen LogP contribution in [0, 0.1) is 0 Å². The summed E-state index contributed by atoms with van der Waals surface area (Å²) in [5.74, 6) is -0.632. The van der Waals surface area contributed by atoms with Crippen molar-refractivity contribution in [2.75, 3.05) is 18.8 Å². The van der Waals surface area contributed by atoms with E-state index in [1.165, 1.54) is 24.6 Å². The van der Waals surface area contributed by atoms with Gasteiger partial charge in [0.2, 0.25) is 5.91 Å². The summed E-state index contributed by atoms with van der Waals surface area (Å²) in [5, 5.41) is 8.47. The van der Waals surface area contributed by atoms with Gasteiger partial charge < -0.3 is 15.7 Å². The largest absolute Gasteiger partial charge is 0.480 e. The van der Waals surface area contributed by atoms with Crippen molar-refractivity contribution in [3.63, 3.8) is 0 Å². The molecule has 5 nitrogen and oxygen atoms in total. The minimum Gasteiger partial charge on any atom is -0.480 e. The van der Waals surface area contributed by atoms with Crippen molar-refractivity contribution >= 4 is 23.6 Å². The number of nitrogens with zero attached hydrogens (tertiary/aromatic N) is 1. The van der Waals surface area contributed by atoms with Gasteiger partial charge in [0.05, 0.1) is 5.25 Å². The molecule has 0 aromatic heterocycles. The van der Waals surface area contributed by atoms with Crippen molar-refractivity contribution in [1.82, 2.24) is 4.90 Å². The molecule has 0 aliphatic carbocycles. The highest BCUT2D eigenvalue weighted by atomic mass is 32.2. The van der Waals surface area contributed by atoms with Crippen LogP contribution in [0.1, 0.15) is 32.6 Å². The highest BCUT2D eigenvalue weighted by molar-refractivity contribution is 8.00. The summed E-state index contributed by atoms with van der Waals surface area (Å²) in [5.41, 5.74) is 5.42. The molecule has 0 aromatic rings. The molecule has 1 saturated heterocycles. The van der Waals surface area contributed by atoms with E-state index in [1.54, 1.807) is 0 Å². The van der Waals surface area contributed by atoms with Gasteiger partial charge in [-0.05, 0) is 19.8 Å². The summed E-state index contributed by atoms with van der Waals surface area (Å²) >= 11 is 1.32. The minimum absolute atomic E-state index is 0.111. The number of thioether (sulfide) groups is 1. The van der Waals surface area contributed by atoms with Crippen LogP contribution in [0.2, 0.25) is 0 Å². The first kappa shape index (κ1) is 15.3. The Morgan fingerprint density at radius 2 is 1.83 bits per heavy atom. The summed E-state index contributed by atoms with van der Waals surface area (Å²) in [4.78, 5) is 24.6. The number of carboxylic acids is 1. The number of hydrogen-bond donors (Lipinski definition) is 2. The zero-order chi connectivity index (χ0) is 13.5. The van der Waals surface area contributed by atoms with Crippen molar-refractivity contribution in [2.45, 2.75) is 43.9 Å². The second-order valence-electron chi connectivity index (χ2n) is 4.66. The van der Waals surface area contributed by atoms with Crippen molar-refractivity contribution in [3.05, 3.63) is 0 Å². The average Bonchev–Trinajstić information content (AvgIpc) is 2.63. The third kappa shape index (κ3) is 4.86. The van der Waals surface area contributed by atoms with Crippen LogP contribution in [0.25, 0.3) is 0 Å². The van der Waals surface area contributed by atoms with E-state index >= 15 is 0 Å². The lowest BCUT2D eigenvalue weighted by atomic mass is 10.2. The molecule has 1 amide bonds. The maximum Gasteiger partial charge on any atom is 0.321 e. The average molecular weight is 274 g/mol. The van der Waals surface area contributed by atoms with E-state index in [-0.39, 0.29) is 16.9 Å². The first-order valence-electron chi connectivity index (χ1n) is 6.41. The van der Waals surface area contributed by atoms with Crippen LogP contribution in [-0.2, 0) is 9.59 Å². The Morgan fingerprint density at radius 1 is 1.28 bits per heavy atom. The Bertz CT molecular complexity index is 291. The molecular weight excluding hydrogens is 252 g/mol. The topological polar surface area (TPSA) is 83.6 Å². The SMILES string of the molecule is CC(SCC(N)C(=O)O)C(=O)N1CCCCCC1. The second kappa shape index (κ2) is 7.63. The second-order valence-corrected chi connectivity index (χ2v) is 6.03. The number of carbonyl (C=O) groups is 2. The minimum atomic E-state index is -1.02. The number of carbonyl (C=O) groups excluding carboxylic acids is 1. The van der Waals surface area contributed by atoms with Crippen molar-refractivity contribution in [3.8, 4) is 0 Å². The smallest absolute Gasteiger partial charge is 0.321 e. The van der Waals surface area contributed by atoms with E-state index in [0.29, 0.717) is 0 Å². The van der Waals surface area contributed by atoms with E-state index in [1.807, 2.05) is 11.8 Å². The van der Waals surface area contributed by atoms with Crippen LogP contribution in [0.15, 0.2) is 0 Å². The van der Waals surface area contributed by atoms with E-state index in [9.17, 15) is 9.59 Å². The van der Waals surface area contributed by atoms with Gasteiger partial charge in [0.1, 0.15) is 6.04 Å². The molecule has 0 bridgehead atoms. The molecule has 1 aliphatic rings. The van der Waals surface area contributed by atoms with Gasteiger partial charge in [-0.15, -0.1) is 11.8 Å². The number of aliphatic carboxylic acids is 1. The molecular formula is C12H22N2O3S. The molecule has 18 heavy (non-hydrogen) atoms. The molecule has 1 rings (SSSR count). The number of nitrogens with two attached hydrogens (primary N) is 1. The fourth-order valence-corrected chi connectivity index (χ4v) is 2.87. The van der Waals surface area contributed by atoms with E-state index < -0.39 is 12.0 Å². The van der Waals surface area contributed by atoms with Crippen LogP contribution >= 0.6 is 11.8 Å². The van der Waals surface area contributed by atoms with Crippen LogP contribution in [0.3, 0.4) is 0 Å². The quantitative estimate of drug-likeness (QED) is 0.779. The molecule has 0 saturated carbocycles. The fourth-order valence-electron chi connectivity index (χ4n) is 1.94. The number of hydrogen-bond acceptors (Lipinski definition) is 4. The maximum absolute atomic E-state index is 12.2. The molecule has 0 aromatic carbocycles. The maximum atomic E-state index is 12.2. The lowest BCUT2D eigenvalue weighted by molar-refractivity contribution is -0.138. The third-order valence-corrected chi connectivity index (χ3v) is 4.36. The molecule has 2 atom stereocenters. The summed E-state index contributed by atoms with van der Waals surface area (Å²) in [7, 11) is 0. The molecule has 0 radical (unpaired) electrons. The van der Waals surface area contributed by atoms with Crippen molar-refractivity contribution in [2.24, 2.45) is 5.73 Å².